The van der Waals surface area contributed by atoms with Gasteiger partial charge >= 0.3 is 0 Å². The predicted octanol–water partition coefficient (Wildman–Crippen LogP) is 2.69. The minimum absolute atomic E-state index is 0.0126. The fourth-order valence-corrected chi connectivity index (χ4v) is 3.32. The van der Waals surface area contributed by atoms with Crippen molar-refractivity contribution < 1.29 is 17.6 Å². The molecule has 0 saturated heterocycles. The second-order valence-electron chi connectivity index (χ2n) is 6.05. The van der Waals surface area contributed by atoms with Crippen LogP contribution in [0.3, 0.4) is 0 Å². The van der Waals surface area contributed by atoms with E-state index in [1.165, 1.54) is 22.5 Å². The van der Waals surface area contributed by atoms with E-state index in [-0.39, 0.29) is 13.0 Å². The topological polar surface area (TPSA) is 69.7 Å². The van der Waals surface area contributed by atoms with Crippen LogP contribution in [0.1, 0.15) is 6.42 Å². The Kier molecular flexibility index (Phi) is 6.20. The number of benzene rings is 2. The first-order valence-electron chi connectivity index (χ1n) is 7.97. The first-order valence-corrected chi connectivity index (χ1v) is 9.82. The van der Waals surface area contributed by atoms with Gasteiger partial charge in [-0.1, -0.05) is 6.07 Å². The first-order chi connectivity index (χ1) is 12.2. The van der Waals surface area contributed by atoms with Crippen LogP contribution < -0.4 is 14.5 Å². The number of halogens is 1. The normalized spacial score (nSPS) is 11.1. The summed E-state index contributed by atoms with van der Waals surface area (Å²) in [6, 6.07) is 12.5. The molecule has 0 fully saturated rings. The molecule has 1 N–H and O–H groups in total. The molecule has 0 aliphatic heterocycles. The van der Waals surface area contributed by atoms with Gasteiger partial charge in [0.1, 0.15) is 5.82 Å². The Labute approximate surface area is 153 Å². The zero-order valence-corrected chi connectivity index (χ0v) is 15.8. The second kappa shape index (κ2) is 8.18. The van der Waals surface area contributed by atoms with Crippen LogP contribution >= 0.6 is 0 Å². The molecule has 0 unspecified atom stereocenters. The third kappa shape index (κ3) is 5.45. The summed E-state index contributed by atoms with van der Waals surface area (Å²) in [6.45, 7) is -0.0126. The van der Waals surface area contributed by atoms with Crippen LogP contribution in [0.5, 0.6) is 0 Å². The Morgan fingerprint density at radius 2 is 1.69 bits per heavy atom. The number of hydrogen-bond acceptors (Lipinski definition) is 4. The zero-order chi connectivity index (χ0) is 19.3. The van der Waals surface area contributed by atoms with Crippen molar-refractivity contribution in [3.63, 3.8) is 0 Å². The molecular formula is C18H22FN3O3S. The van der Waals surface area contributed by atoms with Gasteiger partial charge in [-0.2, -0.15) is 0 Å². The number of amides is 1. The lowest BCUT2D eigenvalue weighted by atomic mass is 10.2. The van der Waals surface area contributed by atoms with Gasteiger partial charge in [-0.3, -0.25) is 9.10 Å². The highest BCUT2D eigenvalue weighted by molar-refractivity contribution is 7.92. The molecule has 0 aliphatic carbocycles. The molecule has 1 amide bonds. The minimum Gasteiger partial charge on any atom is -0.378 e. The standard InChI is InChI=1S/C18H22FN3O3S/c1-21(2)16-7-9-17(10-8-16)22(26(3,24)25)12-11-18(23)20-15-6-4-5-14(19)13-15/h4-10,13H,11-12H2,1-3H3,(H,20,23). The molecule has 0 atom stereocenters. The maximum atomic E-state index is 13.2. The number of carbonyl (C=O) groups is 1. The van der Waals surface area contributed by atoms with Crippen molar-refractivity contribution in [3.05, 3.63) is 54.3 Å². The molecule has 6 nitrogen and oxygen atoms in total. The molecule has 2 rings (SSSR count). The van der Waals surface area contributed by atoms with E-state index in [1.807, 2.05) is 19.0 Å². The molecule has 0 spiro atoms. The van der Waals surface area contributed by atoms with E-state index in [0.29, 0.717) is 11.4 Å². The van der Waals surface area contributed by atoms with E-state index in [0.717, 1.165) is 11.9 Å². The van der Waals surface area contributed by atoms with E-state index in [9.17, 15) is 17.6 Å². The number of hydrogen-bond donors (Lipinski definition) is 1. The van der Waals surface area contributed by atoms with E-state index >= 15 is 0 Å². The molecule has 0 aliphatic rings. The van der Waals surface area contributed by atoms with Gasteiger partial charge in [0, 0.05) is 38.4 Å². The molecule has 0 aromatic heterocycles. The maximum absolute atomic E-state index is 13.2. The Balaban J connectivity index is 2.07. The van der Waals surface area contributed by atoms with Gasteiger partial charge in [0.2, 0.25) is 15.9 Å². The van der Waals surface area contributed by atoms with Crippen LogP contribution in [-0.2, 0) is 14.8 Å². The Morgan fingerprint density at radius 3 is 2.23 bits per heavy atom. The zero-order valence-electron chi connectivity index (χ0n) is 14.9. The lowest BCUT2D eigenvalue weighted by Gasteiger charge is -2.23. The highest BCUT2D eigenvalue weighted by Gasteiger charge is 2.19. The number of nitrogens with zero attached hydrogens (tertiary/aromatic N) is 2. The number of anilines is 3. The number of carbonyl (C=O) groups excluding carboxylic acids is 1. The Morgan fingerprint density at radius 1 is 1.08 bits per heavy atom. The highest BCUT2D eigenvalue weighted by Crippen LogP contribution is 2.22. The molecule has 0 radical (unpaired) electrons. The number of sulfonamides is 1. The van der Waals surface area contributed by atoms with E-state index in [2.05, 4.69) is 5.32 Å². The molecule has 2 aromatic carbocycles. The van der Waals surface area contributed by atoms with Gasteiger partial charge in [0.05, 0.1) is 11.9 Å². The molecule has 0 saturated carbocycles. The minimum atomic E-state index is -3.55. The van der Waals surface area contributed by atoms with Crippen molar-refractivity contribution in [2.45, 2.75) is 6.42 Å². The van der Waals surface area contributed by atoms with Crippen LogP contribution in [0, 0.1) is 5.82 Å². The van der Waals surface area contributed by atoms with Gasteiger partial charge in [-0.05, 0) is 42.5 Å². The second-order valence-corrected chi connectivity index (χ2v) is 7.96. The van der Waals surface area contributed by atoms with Gasteiger partial charge in [-0.15, -0.1) is 0 Å². The summed E-state index contributed by atoms with van der Waals surface area (Å²) in [7, 11) is 0.231. The third-order valence-electron chi connectivity index (χ3n) is 3.70. The monoisotopic (exact) mass is 379 g/mol. The summed E-state index contributed by atoms with van der Waals surface area (Å²) in [4.78, 5) is 14.0. The fraction of sp³-hybridized carbons (Fsp3) is 0.278. The summed E-state index contributed by atoms with van der Waals surface area (Å²) < 4.78 is 38.5. The van der Waals surface area contributed by atoms with Gasteiger partial charge in [0.15, 0.2) is 0 Å². The van der Waals surface area contributed by atoms with Crippen molar-refractivity contribution in [1.82, 2.24) is 0 Å². The first kappa shape index (κ1) is 19.7. The van der Waals surface area contributed by atoms with E-state index in [1.54, 1.807) is 30.3 Å². The van der Waals surface area contributed by atoms with Gasteiger partial charge in [-0.25, -0.2) is 12.8 Å². The van der Waals surface area contributed by atoms with Crippen molar-refractivity contribution in [2.75, 3.05) is 41.4 Å². The summed E-state index contributed by atoms with van der Waals surface area (Å²) >= 11 is 0. The van der Waals surface area contributed by atoms with E-state index < -0.39 is 21.7 Å². The molecule has 0 heterocycles. The van der Waals surface area contributed by atoms with Crippen molar-refractivity contribution in [2.24, 2.45) is 0 Å². The van der Waals surface area contributed by atoms with Crippen molar-refractivity contribution >= 4 is 33.0 Å². The SMILES string of the molecule is CN(C)c1ccc(N(CCC(=O)Nc2cccc(F)c2)S(C)(=O)=O)cc1. The third-order valence-corrected chi connectivity index (χ3v) is 4.90. The molecule has 0 bridgehead atoms. The fourth-order valence-electron chi connectivity index (χ4n) is 2.40. The molecule has 8 heteroatoms. The molecule has 26 heavy (non-hydrogen) atoms. The van der Waals surface area contributed by atoms with Crippen LogP contribution in [0.15, 0.2) is 48.5 Å². The smallest absolute Gasteiger partial charge is 0.232 e. The van der Waals surface area contributed by atoms with Crippen molar-refractivity contribution in [3.8, 4) is 0 Å². The molecular weight excluding hydrogens is 357 g/mol. The summed E-state index contributed by atoms with van der Waals surface area (Å²) in [5.41, 5.74) is 1.75. The quantitative estimate of drug-likeness (QED) is 0.803. The van der Waals surface area contributed by atoms with E-state index in [4.69, 9.17) is 0 Å². The molecule has 140 valence electrons. The van der Waals surface area contributed by atoms with Gasteiger partial charge < -0.3 is 10.2 Å². The highest BCUT2D eigenvalue weighted by atomic mass is 32.2. The predicted molar refractivity (Wildman–Crippen MR) is 103 cm³/mol. The largest absolute Gasteiger partial charge is 0.378 e. The summed E-state index contributed by atoms with van der Waals surface area (Å²) in [5, 5.41) is 2.56. The lowest BCUT2D eigenvalue weighted by Crippen LogP contribution is -2.33. The summed E-state index contributed by atoms with van der Waals surface area (Å²) in [5.74, 6) is -0.851. The Hall–Kier alpha value is -2.61. The van der Waals surface area contributed by atoms with Gasteiger partial charge in [0.25, 0.3) is 0 Å². The van der Waals surface area contributed by atoms with Crippen LogP contribution in [0.25, 0.3) is 0 Å². The summed E-state index contributed by atoms with van der Waals surface area (Å²) in [6.07, 6.45) is 1.04. The van der Waals surface area contributed by atoms with Crippen LogP contribution in [0.4, 0.5) is 21.5 Å². The van der Waals surface area contributed by atoms with Crippen molar-refractivity contribution in [1.29, 1.82) is 0 Å². The molecule has 2 aromatic rings. The van der Waals surface area contributed by atoms with Crippen LogP contribution in [0.2, 0.25) is 0 Å². The lowest BCUT2D eigenvalue weighted by molar-refractivity contribution is -0.116. The average Bonchev–Trinajstić information content (AvgIpc) is 2.54. The Bertz CT molecular complexity index is 868. The number of nitrogens with one attached hydrogen (secondary N) is 1. The average molecular weight is 379 g/mol. The number of rotatable bonds is 7. The van der Waals surface area contributed by atoms with Crippen LogP contribution in [-0.4, -0.2) is 41.2 Å². The maximum Gasteiger partial charge on any atom is 0.232 e.